The fraction of sp³-hybridized carbons (Fsp3) is 1.00. The molecular formula is C6H16N2O3PZr+. The Hall–Kier alpha value is 0.823. The Morgan fingerprint density at radius 1 is 1.54 bits per heavy atom. The van der Waals surface area contributed by atoms with Crippen LogP contribution in [0.3, 0.4) is 0 Å². The van der Waals surface area contributed by atoms with Crippen LogP contribution >= 0.6 is 8.25 Å². The Bertz CT molecular complexity index is 116. The van der Waals surface area contributed by atoms with Gasteiger partial charge in [-0.2, -0.15) is 0 Å². The average Bonchev–Trinajstić information content (AvgIpc) is 2.06. The molecule has 0 aliphatic rings. The Morgan fingerprint density at radius 2 is 2.23 bits per heavy atom. The molecule has 0 radical (unpaired) electrons. The van der Waals surface area contributed by atoms with Gasteiger partial charge in [-0.3, -0.25) is 0 Å². The van der Waals surface area contributed by atoms with Gasteiger partial charge in [-0.15, -0.1) is 10.0 Å². The fourth-order valence-corrected chi connectivity index (χ4v) is 0.995. The molecule has 76 valence electrons. The first kappa shape index (κ1) is 16.3. The van der Waals surface area contributed by atoms with Gasteiger partial charge in [-0.05, 0) is 11.0 Å². The van der Waals surface area contributed by atoms with Crippen molar-refractivity contribution in [2.45, 2.75) is 19.8 Å². The van der Waals surface area contributed by atoms with E-state index in [1.165, 1.54) is 0 Å². The van der Waals surface area contributed by atoms with Gasteiger partial charge < -0.3 is 5.73 Å². The van der Waals surface area contributed by atoms with E-state index in [1.54, 1.807) is 0 Å². The van der Waals surface area contributed by atoms with E-state index >= 15 is 0 Å². The number of rotatable bonds is 8. The van der Waals surface area contributed by atoms with Crippen molar-refractivity contribution in [3.8, 4) is 0 Å². The van der Waals surface area contributed by atoms with Crippen LogP contribution in [0.4, 0.5) is 0 Å². The zero-order valence-corrected chi connectivity index (χ0v) is 11.1. The summed E-state index contributed by atoms with van der Waals surface area (Å²) >= 11 is 0. The largest absolute Gasteiger partial charge is 0.716 e. The summed E-state index contributed by atoms with van der Waals surface area (Å²) in [6, 6.07) is 0. The Morgan fingerprint density at radius 3 is 2.77 bits per heavy atom. The van der Waals surface area contributed by atoms with Crippen LogP contribution in [-0.2, 0) is 39.9 Å². The maximum Gasteiger partial charge on any atom is 0.716 e. The zero-order valence-electron chi connectivity index (χ0n) is 7.78. The van der Waals surface area contributed by atoms with E-state index in [2.05, 4.69) is 10.1 Å². The molecule has 0 amide bonds. The predicted octanol–water partition coefficient (Wildman–Crippen LogP) is 0.938. The van der Waals surface area contributed by atoms with Crippen molar-refractivity contribution in [3.05, 3.63) is 0 Å². The van der Waals surface area contributed by atoms with Gasteiger partial charge in [0.1, 0.15) is 6.61 Å². The molecule has 0 fully saturated rings. The second-order valence-electron chi connectivity index (χ2n) is 2.18. The van der Waals surface area contributed by atoms with Crippen LogP contribution in [0.25, 0.3) is 0 Å². The van der Waals surface area contributed by atoms with Crippen LogP contribution in [0, 0.1) is 0 Å². The molecule has 0 aromatic rings. The summed E-state index contributed by atoms with van der Waals surface area (Å²) in [5.74, 6) is 0. The topological polar surface area (TPSA) is 73.6 Å². The van der Waals surface area contributed by atoms with Crippen LogP contribution in [-0.4, -0.2) is 19.7 Å². The normalized spacial score (nSPS) is 10.8. The molecule has 7 heteroatoms. The third-order valence-electron chi connectivity index (χ3n) is 1.08. The first-order valence-corrected chi connectivity index (χ1v) is 5.10. The molecular weight excluding hydrogens is 270 g/mol. The van der Waals surface area contributed by atoms with Crippen molar-refractivity contribution in [1.82, 2.24) is 5.48 Å². The number of hydroxylamine groups is 1. The molecule has 0 aliphatic carbocycles. The van der Waals surface area contributed by atoms with Gasteiger partial charge in [0.05, 0.1) is 0 Å². The van der Waals surface area contributed by atoms with Gasteiger partial charge in [0.25, 0.3) is 0 Å². The van der Waals surface area contributed by atoms with E-state index in [9.17, 15) is 4.57 Å². The van der Waals surface area contributed by atoms with Gasteiger partial charge >= 0.3 is 8.25 Å². The van der Waals surface area contributed by atoms with Crippen LogP contribution in [0.2, 0.25) is 0 Å². The fourth-order valence-electron chi connectivity index (χ4n) is 0.467. The van der Waals surface area contributed by atoms with Crippen LogP contribution in [0.15, 0.2) is 0 Å². The van der Waals surface area contributed by atoms with Gasteiger partial charge in [0.15, 0.2) is 0 Å². The van der Waals surface area contributed by atoms with Crippen LogP contribution < -0.4 is 11.2 Å². The van der Waals surface area contributed by atoms with E-state index in [4.69, 9.17) is 10.3 Å². The quantitative estimate of drug-likeness (QED) is 0.395. The van der Waals surface area contributed by atoms with Gasteiger partial charge in [-0.25, -0.2) is 0 Å². The average molecular weight is 286 g/mol. The molecule has 1 atom stereocenters. The minimum atomic E-state index is -2.02. The molecule has 0 aromatic heterocycles. The standard InChI is InChI=1S/C6H16N2O3P.Zr/c1-2-3-6-10-12(9)11-8-5-4-7;/h8H,2-7H2,1H3;/q+1;. The van der Waals surface area contributed by atoms with Crippen LogP contribution in [0.5, 0.6) is 0 Å². The van der Waals surface area contributed by atoms with Crippen molar-refractivity contribution in [2.24, 2.45) is 5.73 Å². The van der Waals surface area contributed by atoms with Crippen molar-refractivity contribution < 1.29 is 39.9 Å². The summed E-state index contributed by atoms with van der Waals surface area (Å²) in [4.78, 5) is 0. The zero-order chi connectivity index (χ0) is 9.23. The SMILES string of the molecule is CCCCO[P+](=O)ONCCN.[Zr]. The summed E-state index contributed by atoms with van der Waals surface area (Å²) in [5.41, 5.74) is 7.59. The second kappa shape index (κ2) is 12.8. The third kappa shape index (κ3) is 12.8. The van der Waals surface area contributed by atoms with Crippen molar-refractivity contribution in [2.75, 3.05) is 19.7 Å². The monoisotopic (exact) mass is 285 g/mol. The summed E-state index contributed by atoms with van der Waals surface area (Å²) < 4.78 is 20.2. The van der Waals surface area contributed by atoms with Crippen molar-refractivity contribution in [1.29, 1.82) is 0 Å². The maximum atomic E-state index is 10.8. The molecule has 0 aliphatic heterocycles. The van der Waals surface area contributed by atoms with E-state index in [0.717, 1.165) is 12.8 Å². The molecule has 0 aromatic carbocycles. The molecule has 0 saturated carbocycles. The summed E-state index contributed by atoms with van der Waals surface area (Å²) in [5, 5.41) is 0. The molecule has 0 heterocycles. The summed E-state index contributed by atoms with van der Waals surface area (Å²) in [7, 11) is -2.02. The number of hydrogen-bond donors (Lipinski definition) is 2. The first-order valence-electron chi connectivity index (χ1n) is 4.01. The molecule has 0 bridgehead atoms. The third-order valence-corrected chi connectivity index (χ3v) is 1.75. The first-order chi connectivity index (χ1) is 5.81. The molecule has 3 N–H and O–H groups in total. The number of hydrogen-bond acceptors (Lipinski definition) is 5. The number of unbranched alkanes of at least 4 members (excludes halogenated alkanes) is 1. The van der Waals surface area contributed by atoms with E-state index in [-0.39, 0.29) is 26.2 Å². The number of nitrogens with one attached hydrogen (secondary N) is 1. The van der Waals surface area contributed by atoms with E-state index in [1.807, 2.05) is 6.92 Å². The van der Waals surface area contributed by atoms with Gasteiger partial charge in [0.2, 0.25) is 0 Å². The van der Waals surface area contributed by atoms with E-state index < -0.39 is 8.25 Å². The second-order valence-corrected chi connectivity index (χ2v) is 3.07. The minimum Gasteiger partial charge on any atom is -0.329 e. The maximum absolute atomic E-state index is 10.8. The van der Waals surface area contributed by atoms with Gasteiger partial charge in [-0.1, -0.05) is 13.3 Å². The molecule has 0 saturated heterocycles. The van der Waals surface area contributed by atoms with Crippen molar-refractivity contribution in [3.63, 3.8) is 0 Å². The van der Waals surface area contributed by atoms with Crippen LogP contribution in [0.1, 0.15) is 19.8 Å². The molecule has 1 unspecified atom stereocenters. The Kier molecular flexibility index (Phi) is 16.0. The molecule has 0 rings (SSSR count). The molecule has 5 nitrogen and oxygen atoms in total. The summed E-state index contributed by atoms with van der Waals surface area (Å²) in [6.45, 7) is 3.41. The predicted molar refractivity (Wildman–Crippen MR) is 46.6 cm³/mol. The van der Waals surface area contributed by atoms with Gasteiger partial charge in [0, 0.05) is 43.9 Å². The van der Waals surface area contributed by atoms with Crippen molar-refractivity contribution >= 4 is 8.25 Å². The molecule has 13 heavy (non-hydrogen) atoms. The Labute approximate surface area is 98.8 Å². The summed E-state index contributed by atoms with van der Waals surface area (Å²) in [6.07, 6.45) is 1.90. The Balaban J connectivity index is 0. The smallest absolute Gasteiger partial charge is 0.329 e. The minimum absolute atomic E-state index is 0. The van der Waals surface area contributed by atoms with E-state index in [0.29, 0.717) is 19.7 Å². The number of nitrogens with two attached hydrogens (primary N) is 1. The molecule has 0 spiro atoms.